The zero-order chi connectivity index (χ0) is 16.6. The van der Waals surface area contributed by atoms with Gasteiger partial charge in [-0.2, -0.15) is 0 Å². The molecule has 3 rings (SSSR count). The maximum atomic E-state index is 9.99. The smallest absolute Gasteiger partial charge is 0.230 e. The lowest BCUT2D eigenvalue weighted by atomic mass is 10.0. The van der Waals surface area contributed by atoms with E-state index in [1.165, 1.54) is 0 Å². The lowest BCUT2D eigenvalue weighted by Gasteiger charge is -2.14. The Balaban J connectivity index is 2.40. The van der Waals surface area contributed by atoms with Gasteiger partial charge in [0.1, 0.15) is 11.5 Å². The van der Waals surface area contributed by atoms with Gasteiger partial charge in [-0.25, -0.2) is 4.98 Å². The van der Waals surface area contributed by atoms with Crippen molar-refractivity contribution in [1.29, 1.82) is 0 Å². The summed E-state index contributed by atoms with van der Waals surface area (Å²) in [6.07, 6.45) is 5.13. The molecule has 0 saturated heterocycles. The van der Waals surface area contributed by atoms with Crippen LogP contribution in [0.2, 0.25) is 0 Å². The van der Waals surface area contributed by atoms with E-state index in [0.29, 0.717) is 17.2 Å². The zero-order valence-electron chi connectivity index (χ0n) is 13.6. The van der Waals surface area contributed by atoms with Crippen LogP contribution in [0.1, 0.15) is 19.4 Å². The van der Waals surface area contributed by atoms with Gasteiger partial charge in [-0.3, -0.25) is 0 Å². The Bertz CT molecular complexity index is 887. The number of benzene rings is 1. The van der Waals surface area contributed by atoms with Crippen molar-refractivity contribution in [2.45, 2.75) is 19.4 Å². The summed E-state index contributed by atoms with van der Waals surface area (Å²) in [7, 11) is 3.23. The lowest BCUT2D eigenvalue weighted by Crippen LogP contribution is -2.13. The van der Waals surface area contributed by atoms with E-state index in [2.05, 4.69) is 4.98 Å². The number of aliphatic hydroxyl groups is 1. The van der Waals surface area contributed by atoms with E-state index in [4.69, 9.17) is 13.9 Å². The molecule has 1 aromatic carbocycles. The molecule has 120 valence electrons. The fourth-order valence-electron chi connectivity index (χ4n) is 2.57. The maximum absolute atomic E-state index is 9.99. The van der Waals surface area contributed by atoms with Gasteiger partial charge in [0, 0.05) is 5.56 Å². The van der Waals surface area contributed by atoms with Gasteiger partial charge < -0.3 is 19.0 Å². The van der Waals surface area contributed by atoms with Crippen LogP contribution in [-0.2, 0) is 0 Å². The van der Waals surface area contributed by atoms with E-state index in [-0.39, 0.29) is 0 Å². The van der Waals surface area contributed by atoms with E-state index in [1.807, 2.05) is 24.3 Å². The van der Waals surface area contributed by atoms with Crippen LogP contribution in [0.15, 0.2) is 35.0 Å². The van der Waals surface area contributed by atoms with Gasteiger partial charge in [0.2, 0.25) is 5.71 Å². The predicted molar refractivity (Wildman–Crippen MR) is 90.0 cm³/mol. The Morgan fingerprint density at radius 2 is 1.96 bits per heavy atom. The lowest BCUT2D eigenvalue weighted by molar-refractivity contribution is 0.134. The van der Waals surface area contributed by atoms with Crippen LogP contribution in [0.3, 0.4) is 0 Å². The summed E-state index contributed by atoms with van der Waals surface area (Å²) >= 11 is 0. The highest BCUT2D eigenvalue weighted by molar-refractivity contribution is 6.04. The van der Waals surface area contributed by atoms with Crippen molar-refractivity contribution in [2.24, 2.45) is 0 Å². The molecule has 1 N–H and O–H groups in total. The predicted octanol–water partition coefficient (Wildman–Crippen LogP) is 3.78. The zero-order valence-corrected chi connectivity index (χ0v) is 13.6. The quantitative estimate of drug-likeness (QED) is 0.794. The monoisotopic (exact) mass is 313 g/mol. The number of ether oxygens (including phenoxy) is 2. The molecule has 0 bridgehead atoms. The Labute approximate surface area is 134 Å². The molecule has 23 heavy (non-hydrogen) atoms. The summed E-state index contributed by atoms with van der Waals surface area (Å²) in [5.41, 5.74) is 1.13. The van der Waals surface area contributed by atoms with Crippen molar-refractivity contribution in [3.05, 3.63) is 36.1 Å². The van der Waals surface area contributed by atoms with Crippen molar-refractivity contribution in [1.82, 2.24) is 4.98 Å². The molecule has 3 aromatic rings. The highest BCUT2D eigenvalue weighted by Gasteiger charge is 2.18. The third-order valence-corrected chi connectivity index (χ3v) is 3.60. The number of fused-ring (bicyclic) bond motifs is 2. The largest absolute Gasteiger partial charge is 0.496 e. The second kappa shape index (κ2) is 5.59. The van der Waals surface area contributed by atoms with Crippen LogP contribution >= 0.6 is 0 Å². The van der Waals surface area contributed by atoms with Crippen molar-refractivity contribution >= 4 is 28.1 Å². The second-order valence-electron chi connectivity index (χ2n) is 5.85. The number of hydrogen-bond donors (Lipinski definition) is 1. The van der Waals surface area contributed by atoms with Gasteiger partial charge in [0.25, 0.3) is 0 Å². The standard InChI is InChI=1S/C18H19NO4/c1-18(2,20)9-7-11-14(21-3)6-5-13-15(11)16(22-4)12-8-10-23-17(12)19-13/h5-10,20H,1-4H3. The number of pyridine rings is 1. The molecule has 5 heteroatoms. The van der Waals surface area contributed by atoms with E-state index in [9.17, 15) is 5.11 Å². The third kappa shape index (κ3) is 2.75. The molecule has 0 saturated carbocycles. The Hall–Kier alpha value is -2.53. The Morgan fingerprint density at radius 1 is 1.17 bits per heavy atom. The fourth-order valence-corrected chi connectivity index (χ4v) is 2.57. The highest BCUT2D eigenvalue weighted by atomic mass is 16.5. The van der Waals surface area contributed by atoms with E-state index >= 15 is 0 Å². The molecule has 0 aliphatic carbocycles. The number of aromatic nitrogens is 1. The summed E-state index contributed by atoms with van der Waals surface area (Å²) in [5, 5.41) is 11.6. The van der Waals surface area contributed by atoms with Gasteiger partial charge in [-0.15, -0.1) is 0 Å². The minimum Gasteiger partial charge on any atom is -0.496 e. The molecule has 2 heterocycles. The molecule has 0 amide bonds. The van der Waals surface area contributed by atoms with Gasteiger partial charge in [0.05, 0.1) is 42.4 Å². The van der Waals surface area contributed by atoms with Crippen molar-refractivity contribution in [3.63, 3.8) is 0 Å². The van der Waals surface area contributed by atoms with E-state index in [0.717, 1.165) is 21.9 Å². The summed E-state index contributed by atoms with van der Waals surface area (Å²) in [6, 6.07) is 5.53. The summed E-state index contributed by atoms with van der Waals surface area (Å²) < 4.78 is 16.5. The molecular weight excluding hydrogens is 294 g/mol. The fraction of sp³-hybridized carbons (Fsp3) is 0.278. The third-order valence-electron chi connectivity index (χ3n) is 3.60. The van der Waals surface area contributed by atoms with Crippen LogP contribution in [0, 0.1) is 0 Å². The molecule has 0 aliphatic rings. The summed E-state index contributed by atoms with van der Waals surface area (Å²) in [5.74, 6) is 1.36. The molecule has 0 fully saturated rings. The number of methoxy groups -OCH3 is 2. The average Bonchev–Trinajstić information content (AvgIpc) is 2.97. The normalized spacial score (nSPS) is 12.4. The summed E-state index contributed by atoms with van der Waals surface area (Å²) in [4.78, 5) is 4.53. The number of nitrogens with zero attached hydrogens (tertiary/aromatic N) is 1. The van der Waals surface area contributed by atoms with Gasteiger partial charge in [-0.05, 0) is 32.0 Å². The Kier molecular flexibility index (Phi) is 3.74. The van der Waals surface area contributed by atoms with Gasteiger partial charge in [0.15, 0.2) is 0 Å². The minimum atomic E-state index is -0.937. The SMILES string of the molecule is COc1ccc2nc3occc3c(OC)c2c1C=CC(C)(C)O. The van der Waals surface area contributed by atoms with Crippen LogP contribution in [-0.4, -0.2) is 29.9 Å². The first-order chi connectivity index (χ1) is 10.9. The van der Waals surface area contributed by atoms with Crippen LogP contribution in [0.25, 0.3) is 28.1 Å². The molecule has 2 aromatic heterocycles. The average molecular weight is 313 g/mol. The summed E-state index contributed by atoms with van der Waals surface area (Å²) in [6.45, 7) is 3.43. The highest BCUT2D eigenvalue weighted by Crippen LogP contribution is 2.39. The van der Waals surface area contributed by atoms with Crippen molar-refractivity contribution in [2.75, 3.05) is 14.2 Å². The second-order valence-corrected chi connectivity index (χ2v) is 5.85. The maximum Gasteiger partial charge on any atom is 0.230 e. The van der Waals surface area contributed by atoms with Crippen molar-refractivity contribution < 1.29 is 19.0 Å². The molecule has 0 radical (unpaired) electrons. The van der Waals surface area contributed by atoms with Gasteiger partial charge in [-0.1, -0.05) is 12.2 Å². The van der Waals surface area contributed by atoms with Gasteiger partial charge >= 0.3 is 0 Å². The number of hydrogen-bond acceptors (Lipinski definition) is 5. The number of rotatable bonds is 4. The first-order valence-electron chi connectivity index (χ1n) is 7.28. The van der Waals surface area contributed by atoms with Crippen LogP contribution < -0.4 is 9.47 Å². The van der Waals surface area contributed by atoms with Crippen LogP contribution in [0.4, 0.5) is 0 Å². The minimum absolute atomic E-state index is 0.525. The topological polar surface area (TPSA) is 64.7 Å². The molecule has 0 spiro atoms. The first-order valence-corrected chi connectivity index (χ1v) is 7.28. The molecule has 0 atom stereocenters. The van der Waals surface area contributed by atoms with Crippen molar-refractivity contribution in [3.8, 4) is 11.5 Å². The first kappa shape index (κ1) is 15.4. The Morgan fingerprint density at radius 3 is 2.61 bits per heavy atom. The van der Waals surface area contributed by atoms with Crippen LogP contribution in [0.5, 0.6) is 11.5 Å². The molecule has 5 nitrogen and oxygen atoms in total. The van der Waals surface area contributed by atoms with E-state index < -0.39 is 5.60 Å². The number of furan rings is 1. The molecule has 0 aliphatic heterocycles. The molecule has 0 unspecified atom stereocenters. The van der Waals surface area contributed by atoms with E-state index in [1.54, 1.807) is 40.4 Å². The molecular formula is C18H19NO4.